The highest BCUT2D eigenvalue weighted by Crippen LogP contribution is 2.27. The van der Waals surface area contributed by atoms with Gasteiger partial charge in [-0.05, 0) is 32.0 Å². The normalized spacial score (nSPS) is 13.8. The number of benzene rings is 2. The van der Waals surface area contributed by atoms with Gasteiger partial charge in [-0.25, -0.2) is 8.42 Å². The maximum absolute atomic E-state index is 13.1. The van der Waals surface area contributed by atoms with Crippen LogP contribution in [0.3, 0.4) is 0 Å². The van der Waals surface area contributed by atoms with E-state index >= 15 is 0 Å². The van der Waals surface area contributed by atoms with Crippen LogP contribution < -0.4 is 4.72 Å². The molecule has 3 aromatic rings. The van der Waals surface area contributed by atoms with Gasteiger partial charge in [-0.1, -0.05) is 42.8 Å². The highest BCUT2D eigenvalue weighted by molar-refractivity contribution is 7.89. The maximum atomic E-state index is 13.1. The van der Waals surface area contributed by atoms with Gasteiger partial charge in [0.25, 0.3) is 0 Å². The van der Waals surface area contributed by atoms with E-state index in [1.54, 1.807) is 19.2 Å². The molecule has 2 aromatic carbocycles. The van der Waals surface area contributed by atoms with Crippen LogP contribution in [0, 0.1) is 6.92 Å². The van der Waals surface area contributed by atoms with Gasteiger partial charge in [0.05, 0.1) is 11.0 Å². The lowest BCUT2D eigenvalue weighted by atomic mass is 10.1. The van der Waals surface area contributed by atoms with Crippen LogP contribution in [-0.2, 0) is 27.8 Å². The Morgan fingerprint density at radius 1 is 1.16 bits per heavy atom. The van der Waals surface area contributed by atoms with Crippen molar-refractivity contribution in [1.29, 1.82) is 0 Å². The number of aliphatic hydroxyl groups is 1. The predicted molar refractivity (Wildman–Crippen MR) is 119 cm³/mol. The first-order valence-corrected chi connectivity index (χ1v) is 11.6. The zero-order valence-electron chi connectivity index (χ0n) is 18.1. The number of amides is 1. The third-order valence-corrected chi connectivity index (χ3v) is 6.69. The summed E-state index contributed by atoms with van der Waals surface area (Å²) in [4.78, 5) is 14.6. The Labute approximate surface area is 182 Å². The van der Waals surface area contributed by atoms with E-state index in [0.29, 0.717) is 6.42 Å². The zero-order chi connectivity index (χ0) is 22.8. The molecule has 0 aliphatic heterocycles. The monoisotopic (exact) mass is 444 g/mol. The average Bonchev–Trinajstić information content (AvgIpc) is 3.09. The molecular formula is C23H28N2O5S. The number of likely N-dealkylation sites (N-methyl/N-ethyl adjacent to an activating group) is 1. The fraction of sp³-hybridized carbons (Fsp3) is 0.348. The van der Waals surface area contributed by atoms with Crippen LogP contribution >= 0.6 is 0 Å². The maximum Gasteiger partial charge on any atom is 0.243 e. The Balaban J connectivity index is 1.84. The average molecular weight is 445 g/mol. The summed E-state index contributed by atoms with van der Waals surface area (Å²) >= 11 is 0. The van der Waals surface area contributed by atoms with E-state index in [1.165, 1.54) is 24.0 Å². The summed E-state index contributed by atoms with van der Waals surface area (Å²) in [6, 6.07) is 12.5. The molecule has 7 nitrogen and oxygen atoms in total. The Morgan fingerprint density at radius 2 is 1.81 bits per heavy atom. The molecule has 31 heavy (non-hydrogen) atoms. The van der Waals surface area contributed by atoms with Crippen LogP contribution in [0.15, 0.2) is 57.8 Å². The van der Waals surface area contributed by atoms with Gasteiger partial charge in [0.2, 0.25) is 15.9 Å². The fourth-order valence-corrected chi connectivity index (χ4v) is 4.73. The molecule has 3 rings (SSSR count). The first-order chi connectivity index (χ1) is 14.6. The molecule has 0 fully saturated rings. The van der Waals surface area contributed by atoms with Gasteiger partial charge in [-0.2, -0.15) is 4.72 Å². The fourth-order valence-electron chi connectivity index (χ4n) is 3.47. The molecule has 0 aliphatic rings. The first-order valence-electron chi connectivity index (χ1n) is 10.2. The summed E-state index contributed by atoms with van der Waals surface area (Å²) in [6.45, 7) is 5.44. The van der Waals surface area contributed by atoms with E-state index < -0.39 is 28.1 Å². The number of hydrogen-bond donors (Lipinski definition) is 2. The number of fused-ring (bicyclic) bond motifs is 1. The summed E-state index contributed by atoms with van der Waals surface area (Å²) in [7, 11) is -2.40. The van der Waals surface area contributed by atoms with Crippen LogP contribution in [0.5, 0.6) is 0 Å². The lowest BCUT2D eigenvalue weighted by molar-refractivity contribution is -0.134. The molecule has 1 aromatic heterocycles. The second-order valence-corrected chi connectivity index (χ2v) is 9.41. The Morgan fingerprint density at radius 3 is 2.42 bits per heavy atom. The van der Waals surface area contributed by atoms with E-state index in [2.05, 4.69) is 4.72 Å². The number of nitrogens with one attached hydrogen (secondary N) is 1. The van der Waals surface area contributed by atoms with E-state index in [9.17, 15) is 18.3 Å². The molecule has 0 bridgehead atoms. The lowest BCUT2D eigenvalue weighted by Crippen LogP contribution is -2.52. The molecular weight excluding hydrogens is 416 g/mol. The van der Waals surface area contributed by atoms with E-state index in [0.717, 1.165) is 27.9 Å². The second-order valence-electron chi connectivity index (χ2n) is 7.70. The number of nitrogens with zero attached hydrogens (tertiary/aromatic N) is 1. The number of rotatable bonds is 8. The largest absolute Gasteiger partial charge is 0.461 e. The number of carbonyl (C=O) groups is 1. The van der Waals surface area contributed by atoms with Crippen molar-refractivity contribution >= 4 is 26.9 Å². The number of aryl methyl sites for hydroxylation is 2. The van der Waals surface area contributed by atoms with Crippen molar-refractivity contribution in [2.24, 2.45) is 0 Å². The molecule has 8 heteroatoms. The summed E-state index contributed by atoms with van der Waals surface area (Å²) in [6.07, 6.45) is -0.562. The Bertz CT molecular complexity index is 1170. The minimum absolute atomic E-state index is 0.0355. The molecule has 0 saturated carbocycles. The van der Waals surface area contributed by atoms with Crippen LogP contribution in [-0.4, -0.2) is 43.5 Å². The zero-order valence-corrected chi connectivity index (χ0v) is 18.9. The van der Waals surface area contributed by atoms with Crippen LogP contribution in [0.4, 0.5) is 0 Å². The minimum Gasteiger partial charge on any atom is -0.461 e. The lowest BCUT2D eigenvalue weighted by Gasteiger charge is -2.26. The molecule has 0 radical (unpaired) electrons. The van der Waals surface area contributed by atoms with Crippen LogP contribution in [0.1, 0.15) is 30.7 Å². The summed E-state index contributed by atoms with van der Waals surface area (Å²) in [5.74, 6) is 0.243. The van der Waals surface area contributed by atoms with Crippen molar-refractivity contribution in [3.63, 3.8) is 0 Å². The highest BCUT2D eigenvalue weighted by Gasteiger charge is 2.32. The van der Waals surface area contributed by atoms with Crippen molar-refractivity contribution < 1.29 is 22.7 Å². The molecule has 0 aliphatic carbocycles. The van der Waals surface area contributed by atoms with Crippen molar-refractivity contribution in [1.82, 2.24) is 9.62 Å². The highest BCUT2D eigenvalue weighted by atomic mass is 32.2. The van der Waals surface area contributed by atoms with Crippen LogP contribution in [0.25, 0.3) is 11.0 Å². The standard InChI is InChI=1S/C23H28N2O5S/c1-5-20-19(18-8-6-7-9-21(18)30-20)14-25(4)23(27)22(16(3)26)24-31(28,29)17-12-10-15(2)11-13-17/h6-13,16,22,24,26H,5,14H2,1-4H3. The number of sulfonamides is 1. The smallest absolute Gasteiger partial charge is 0.243 e. The van der Waals surface area contributed by atoms with Gasteiger partial charge in [-0.3, -0.25) is 4.79 Å². The predicted octanol–water partition coefficient (Wildman–Crippen LogP) is 2.99. The van der Waals surface area contributed by atoms with Gasteiger partial charge in [0, 0.05) is 31.0 Å². The van der Waals surface area contributed by atoms with Crippen molar-refractivity contribution in [2.75, 3.05) is 7.05 Å². The van der Waals surface area contributed by atoms with Crippen molar-refractivity contribution in [2.45, 2.75) is 50.8 Å². The molecule has 2 unspecified atom stereocenters. The Hall–Kier alpha value is -2.68. The van der Waals surface area contributed by atoms with E-state index in [1.807, 2.05) is 38.1 Å². The molecule has 1 amide bonds. The number of furan rings is 1. The van der Waals surface area contributed by atoms with Gasteiger partial charge < -0.3 is 14.4 Å². The van der Waals surface area contributed by atoms with Gasteiger partial charge >= 0.3 is 0 Å². The van der Waals surface area contributed by atoms with Crippen LogP contribution in [0.2, 0.25) is 0 Å². The van der Waals surface area contributed by atoms with Gasteiger partial charge in [-0.15, -0.1) is 0 Å². The first kappa shape index (κ1) is 23.0. The summed E-state index contributed by atoms with van der Waals surface area (Å²) in [5, 5.41) is 11.1. The minimum atomic E-state index is -3.99. The van der Waals surface area contributed by atoms with E-state index in [-0.39, 0.29) is 11.4 Å². The second kappa shape index (κ2) is 9.21. The molecule has 2 N–H and O–H groups in total. The SMILES string of the molecule is CCc1oc2ccccc2c1CN(C)C(=O)C(NS(=O)(=O)c1ccc(C)cc1)C(C)O. The van der Waals surface area contributed by atoms with Crippen molar-refractivity contribution in [3.8, 4) is 0 Å². The van der Waals surface area contributed by atoms with Gasteiger partial charge in [0.15, 0.2) is 0 Å². The quantitative estimate of drug-likeness (QED) is 0.556. The molecule has 1 heterocycles. The van der Waals surface area contributed by atoms with Gasteiger partial charge in [0.1, 0.15) is 17.4 Å². The van der Waals surface area contributed by atoms with Crippen molar-refractivity contribution in [3.05, 3.63) is 65.4 Å². The number of carbonyl (C=O) groups excluding carboxylic acids is 1. The van der Waals surface area contributed by atoms with E-state index in [4.69, 9.17) is 4.42 Å². The molecule has 2 atom stereocenters. The Kier molecular flexibility index (Phi) is 6.83. The molecule has 0 spiro atoms. The third kappa shape index (κ3) is 4.98. The molecule has 166 valence electrons. The third-order valence-electron chi connectivity index (χ3n) is 5.24. The summed E-state index contributed by atoms with van der Waals surface area (Å²) in [5.41, 5.74) is 2.53. The number of hydrogen-bond acceptors (Lipinski definition) is 5. The number of aliphatic hydroxyl groups excluding tert-OH is 1. The molecule has 0 saturated heterocycles. The number of para-hydroxylation sites is 1. The topological polar surface area (TPSA) is 99.9 Å². The summed E-state index contributed by atoms with van der Waals surface area (Å²) < 4.78 is 33.8.